The molecule has 0 spiro atoms. The first-order chi connectivity index (χ1) is 10.9. The van der Waals surface area contributed by atoms with Crippen LogP contribution >= 0.6 is 11.3 Å². The number of thiazole rings is 1. The molecule has 0 unspecified atom stereocenters. The van der Waals surface area contributed by atoms with E-state index in [0.29, 0.717) is 11.7 Å². The summed E-state index contributed by atoms with van der Waals surface area (Å²) in [6.07, 6.45) is 0.239. The van der Waals surface area contributed by atoms with Crippen molar-refractivity contribution >= 4 is 34.0 Å². The van der Waals surface area contributed by atoms with Gasteiger partial charge in [-0.2, -0.15) is 0 Å². The minimum atomic E-state index is -0.340. The molecule has 1 N–H and O–H groups in total. The van der Waals surface area contributed by atoms with Crippen molar-refractivity contribution in [2.24, 2.45) is 5.92 Å². The van der Waals surface area contributed by atoms with Gasteiger partial charge in [-0.15, -0.1) is 11.3 Å². The highest BCUT2D eigenvalue weighted by molar-refractivity contribution is 7.13. The third kappa shape index (κ3) is 3.42. The summed E-state index contributed by atoms with van der Waals surface area (Å²) in [5, 5.41) is 5.28. The lowest BCUT2D eigenvalue weighted by Gasteiger charge is -2.18. The van der Waals surface area contributed by atoms with Crippen molar-refractivity contribution in [2.75, 3.05) is 16.8 Å². The lowest BCUT2D eigenvalue weighted by atomic mass is 10.1. The molecule has 1 saturated heterocycles. The number of rotatable bonds is 3. The third-order valence-electron chi connectivity index (χ3n) is 3.86. The number of carbonyl (C=O) groups is 2. The first-order valence-corrected chi connectivity index (χ1v) is 8.42. The van der Waals surface area contributed by atoms with Gasteiger partial charge in [-0.3, -0.25) is 9.59 Å². The van der Waals surface area contributed by atoms with Gasteiger partial charge in [-0.05, 0) is 44.0 Å². The van der Waals surface area contributed by atoms with E-state index in [4.69, 9.17) is 0 Å². The number of amides is 2. The van der Waals surface area contributed by atoms with Gasteiger partial charge in [0, 0.05) is 24.0 Å². The molecule has 3 rings (SSSR count). The monoisotopic (exact) mass is 329 g/mol. The molecule has 2 heterocycles. The molecule has 0 aliphatic carbocycles. The van der Waals surface area contributed by atoms with Gasteiger partial charge >= 0.3 is 0 Å². The van der Waals surface area contributed by atoms with Gasteiger partial charge in [-0.25, -0.2) is 4.98 Å². The minimum Gasteiger partial charge on any atom is -0.312 e. The van der Waals surface area contributed by atoms with Crippen molar-refractivity contribution in [1.29, 1.82) is 0 Å². The Hall–Kier alpha value is -2.21. The number of carbonyl (C=O) groups excluding carboxylic acids is 2. The fourth-order valence-corrected chi connectivity index (χ4v) is 3.55. The molecule has 120 valence electrons. The minimum absolute atomic E-state index is 0.00882. The molecule has 1 aliphatic rings. The predicted molar refractivity (Wildman–Crippen MR) is 91.9 cm³/mol. The Morgan fingerprint density at radius 1 is 1.26 bits per heavy atom. The second kappa shape index (κ2) is 6.12. The van der Waals surface area contributed by atoms with Crippen molar-refractivity contribution in [1.82, 2.24) is 4.98 Å². The number of anilines is 2. The molecule has 0 bridgehead atoms. The summed E-state index contributed by atoms with van der Waals surface area (Å²) in [5.41, 5.74) is 3.97. The van der Waals surface area contributed by atoms with Crippen molar-refractivity contribution in [2.45, 2.75) is 27.2 Å². The number of aryl methyl sites for hydroxylation is 3. The van der Waals surface area contributed by atoms with Gasteiger partial charge in [0.05, 0.1) is 11.6 Å². The zero-order valence-corrected chi connectivity index (χ0v) is 14.2. The number of hydrogen-bond acceptors (Lipinski definition) is 4. The molecule has 1 fully saturated rings. The largest absolute Gasteiger partial charge is 0.312 e. The number of hydrogen-bond donors (Lipinski definition) is 1. The van der Waals surface area contributed by atoms with Crippen LogP contribution in [0.4, 0.5) is 10.8 Å². The summed E-state index contributed by atoms with van der Waals surface area (Å²) in [6, 6.07) is 6.03. The Balaban J connectivity index is 1.72. The van der Waals surface area contributed by atoms with E-state index >= 15 is 0 Å². The standard InChI is InChI=1S/C17H19N3O2S/c1-10-4-11(2)6-14(5-10)20-8-13(7-15(20)21)16(22)19-17-18-12(3)9-23-17/h4-6,9,13H,7-8H2,1-3H3,(H,18,19,22)/t13-/m0/s1. The van der Waals surface area contributed by atoms with E-state index in [-0.39, 0.29) is 24.2 Å². The van der Waals surface area contributed by atoms with Crippen LogP contribution in [0.1, 0.15) is 23.2 Å². The Labute approximate surface area is 139 Å². The van der Waals surface area contributed by atoms with E-state index in [9.17, 15) is 9.59 Å². The summed E-state index contributed by atoms with van der Waals surface area (Å²) in [5.74, 6) is -0.488. The molecule has 2 amide bonds. The molecule has 0 radical (unpaired) electrons. The van der Waals surface area contributed by atoms with Gasteiger partial charge in [0.15, 0.2) is 5.13 Å². The molecule has 6 heteroatoms. The number of nitrogens with one attached hydrogen (secondary N) is 1. The maximum Gasteiger partial charge on any atom is 0.231 e. The Morgan fingerprint density at radius 3 is 2.57 bits per heavy atom. The molecular formula is C17H19N3O2S. The first kappa shape index (κ1) is 15.7. The lowest BCUT2D eigenvalue weighted by Crippen LogP contribution is -2.28. The van der Waals surface area contributed by atoms with Crippen LogP contribution in [0.2, 0.25) is 0 Å². The Bertz CT molecular complexity index is 749. The highest BCUT2D eigenvalue weighted by atomic mass is 32.1. The summed E-state index contributed by atoms with van der Waals surface area (Å²) in [7, 11) is 0. The quantitative estimate of drug-likeness (QED) is 0.941. The molecule has 1 atom stereocenters. The SMILES string of the molecule is Cc1cc(C)cc(N2C[C@@H](C(=O)Nc3nc(C)cs3)CC2=O)c1. The van der Waals surface area contributed by atoms with Crippen molar-refractivity contribution in [3.8, 4) is 0 Å². The number of benzene rings is 1. The summed E-state index contributed by atoms with van der Waals surface area (Å²) in [4.78, 5) is 30.6. The van der Waals surface area contributed by atoms with Crippen LogP contribution in [0.3, 0.4) is 0 Å². The maximum atomic E-state index is 12.4. The average Bonchev–Trinajstić information content (AvgIpc) is 3.04. The van der Waals surface area contributed by atoms with Crippen LogP contribution in [-0.4, -0.2) is 23.3 Å². The Morgan fingerprint density at radius 2 is 1.96 bits per heavy atom. The van der Waals surface area contributed by atoms with Crippen LogP contribution < -0.4 is 10.2 Å². The molecule has 0 saturated carbocycles. The lowest BCUT2D eigenvalue weighted by molar-refractivity contribution is -0.122. The van der Waals surface area contributed by atoms with E-state index in [1.807, 2.05) is 38.3 Å². The van der Waals surface area contributed by atoms with Crippen LogP contribution in [0.5, 0.6) is 0 Å². The zero-order valence-electron chi connectivity index (χ0n) is 13.4. The highest BCUT2D eigenvalue weighted by Gasteiger charge is 2.35. The molecule has 23 heavy (non-hydrogen) atoms. The molecule has 1 aromatic heterocycles. The van der Waals surface area contributed by atoms with Crippen molar-refractivity contribution in [3.05, 3.63) is 40.4 Å². The molecular weight excluding hydrogens is 310 g/mol. The van der Waals surface area contributed by atoms with Crippen LogP contribution in [0.15, 0.2) is 23.6 Å². The fraction of sp³-hybridized carbons (Fsp3) is 0.353. The molecule has 2 aromatic rings. The molecule has 1 aromatic carbocycles. The highest BCUT2D eigenvalue weighted by Crippen LogP contribution is 2.28. The van der Waals surface area contributed by atoms with Crippen LogP contribution in [0.25, 0.3) is 0 Å². The second-order valence-corrected chi connectivity index (χ2v) is 6.89. The van der Waals surface area contributed by atoms with E-state index in [2.05, 4.69) is 16.4 Å². The van der Waals surface area contributed by atoms with Gasteiger partial charge in [0.25, 0.3) is 0 Å². The molecule has 5 nitrogen and oxygen atoms in total. The zero-order chi connectivity index (χ0) is 16.6. The van der Waals surface area contributed by atoms with Gasteiger partial charge in [0.2, 0.25) is 11.8 Å². The van der Waals surface area contributed by atoms with Crippen molar-refractivity contribution < 1.29 is 9.59 Å². The Kier molecular flexibility index (Phi) is 4.17. The van der Waals surface area contributed by atoms with Gasteiger partial charge < -0.3 is 10.2 Å². The predicted octanol–water partition coefficient (Wildman–Crippen LogP) is 3.06. The van der Waals surface area contributed by atoms with Gasteiger partial charge in [-0.1, -0.05) is 6.07 Å². The maximum absolute atomic E-state index is 12.4. The summed E-state index contributed by atoms with van der Waals surface area (Å²) >= 11 is 1.40. The van der Waals surface area contributed by atoms with E-state index in [1.54, 1.807) is 4.90 Å². The number of nitrogens with zero attached hydrogens (tertiary/aromatic N) is 2. The summed E-state index contributed by atoms with van der Waals surface area (Å²) in [6.45, 7) is 6.31. The van der Waals surface area contributed by atoms with Crippen molar-refractivity contribution in [3.63, 3.8) is 0 Å². The first-order valence-electron chi connectivity index (χ1n) is 7.54. The van der Waals surface area contributed by atoms with Crippen LogP contribution in [0, 0.1) is 26.7 Å². The smallest absolute Gasteiger partial charge is 0.231 e. The normalized spacial score (nSPS) is 17.6. The van der Waals surface area contributed by atoms with E-state index in [0.717, 1.165) is 22.5 Å². The topological polar surface area (TPSA) is 62.3 Å². The second-order valence-electron chi connectivity index (χ2n) is 6.03. The number of aromatic nitrogens is 1. The molecule has 1 aliphatic heterocycles. The summed E-state index contributed by atoms with van der Waals surface area (Å²) < 4.78 is 0. The van der Waals surface area contributed by atoms with E-state index in [1.165, 1.54) is 11.3 Å². The van der Waals surface area contributed by atoms with Crippen LogP contribution in [-0.2, 0) is 9.59 Å². The van der Waals surface area contributed by atoms with Gasteiger partial charge in [0.1, 0.15) is 0 Å². The fourth-order valence-electron chi connectivity index (χ4n) is 2.86. The van der Waals surface area contributed by atoms with E-state index < -0.39 is 0 Å². The average molecular weight is 329 g/mol. The third-order valence-corrected chi connectivity index (χ3v) is 4.74.